The molecular formula is C25H26ClFN2O5S. The van der Waals surface area contributed by atoms with Gasteiger partial charge >= 0.3 is 0 Å². The van der Waals surface area contributed by atoms with Crippen molar-refractivity contribution in [2.45, 2.75) is 24.4 Å². The molecule has 0 aliphatic carbocycles. The Hall–Kier alpha value is -3.14. The van der Waals surface area contributed by atoms with E-state index >= 15 is 0 Å². The number of methoxy groups -OCH3 is 2. The van der Waals surface area contributed by atoms with Crippen LogP contribution in [0.4, 0.5) is 4.39 Å². The molecule has 3 aromatic rings. The first kappa shape index (κ1) is 26.5. The summed E-state index contributed by atoms with van der Waals surface area (Å²) in [7, 11) is -1.02. The van der Waals surface area contributed by atoms with Crippen LogP contribution in [-0.4, -0.2) is 39.4 Å². The van der Waals surface area contributed by atoms with Crippen LogP contribution in [0.25, 0.3) is 0 Å². The molecule has 1 amide bonds. The largest absolute Gasteiger partial charge is 0.493 e. The van der Waals surface area contributed by atoms with Crippen LogP contribution in [0.15, 0.2) is 71.6 Å². The third-order valence-electron chi connectivity index (χ3n) is 5.33. The van der Waals surface area contributed by atoms with Gasteiger partial charge in [0.25, 0.3) is 0 Å². The molecule has 0 fully saturated rings. The Bertz CT molecular complexity index is 1270. The van der Waals surface area contributed by atoms with Crippen molar-refractivity contribution >= 4 is 27.5 Å². The molecule has 3 aromatic carbocycles. The number of rotatable bonds is 10. The molecule has 0 aromatic heterocycles. The van der Waals surface area contributed by atoms with Gasteiger partial charge in [0.15, 0.2) is 11.5 Å². The van der Waals surface area contributed by atoms with Gasteiger partial charge in [0, 0.05) is 11.6 Å². The highest BCUT2D eigenvalue weighted by Gasteiger charge is 2.27. The highest BCUT2D eigenvalue weighted by molar-refractivity contribution is 7.89. The van der Waals surface area contributed by atoms with Gasteiger partial charge in [-0.1, -0.05) is 29.8 Å². The van der Waals surface area contributed by atoms with E-state index in [2.05, 4.69) is 5.32 Å². The van der Waals surface area contributed by atoms with Crippen LogP contribution in [0.2, 0.25) is 5.02 Å². The minimum absolute atomic E-state index is 0.00949. The highest BCUT2D eigenvalue weighted by Crippen LogP contribution is 2.30. The van der Waals surface area contributed by atoms with Gasteiger partial charge < -0.3 is 14.8 Å². The van der Waals surface area contributed by atoms with Crippen LogP contribution in [-0.2, 0) is 21.4 Å². The van der Waals surface area contributed by atoms with Gasteiger partial charge in [0.05, 0.1) is 31.7 Å². The Morgan fingerprint density at radius 3 is 2.23 bits per heavy atom. The third kappa shape index (κ3) is 6.72. The molecule has 0 saturated carbocycles. The summed E-state index contributed by atoms with van der Waals surface area (Å²) in [6.45, 7) is 1.21. The molecule has 7 nitrogen and oxygen atoms in total. The summed E-state index contributed by atoms with van der Waals surface area (Å²) in [5.74, 6) is 0.109. The van der Waals surface area contributed by atoms with Crippen LogP contribution >= 0.6 is 11.6 Å². The second kappa shape index (κ2) is 11.5. The normalized spacial score (nSPS) is 12.3. The van der Waals surface area contributed by atoms with Crippen molar-refractivity contribution in [3.63, 3.8) is 0 Å². The summed E-state index contributed by atoms with van der Waals surface area (Å²) in [5, 5.41) is 3.21. The van der Waals surface area contributed by atoms with Crippen LogP contribution in [0.1, 0.15) is 24.1 Å². The predicted octanol–water partition coefficient (Wildman–Crippen LogP) is 4.56. The zero-order valence-corrected chi connectivity index (χ0v) is 21.1. The van der Waals surface area contributed by atoms with E-state index in [0.717, 1.165) is 9.87 Å². The van der Waals surface area contributed by atoms with Crippen LogP contribution in [0.3, 0.4) is 0 Å². The lowest BCUT2D eigenvalue weighted by atomic mass is 10.1. The Kier molecular flexibility index (Phi) is 8.71. The quantitative estimate of drug-likeness (QED) is 0.423. The molecule has 0 aliphatic heterocycles. The van der Waals surface area contributed by atoms with E-state index in [1.807, 2.05) is 0 Å². The maximum atomic E-state index is 13.4. The number of hydrogen-bond acceptors (Lipinski definition) is 5. The van der Waals surface area contributed by atoms with E-state index in [1.165, 1.54) is 62.8 Å². The summed E-state index contributed by atoms with van der Waals surface area (Å²) < 4.78 is 51.7. The van der Waals surface area contributed by atoms with Crippen molar-refractivity contribution in [2.24, 2.45) is 0 Å². The molecule has 0 aliphatic rings. The first-order valence-electron chi connectivity index (χ1n) is 10.7. The van der Waals surface area contributed by atoms with Crippen LogP contribution < -0.4 is 14.8 Å². The maximum absolute atomic E-state index is 13.4. The molecule has 35 heavy (non-hydrogen) atoms. The van der Waals surface area contributed by atoms with Crippen molar-refractivity contribution in [1.29, 1.82) is 0 Å². The molecule has 1 N–H and O–H groups in total. The van der Waals surface area contributed by atoms with Gasteiger partial charge in [-0.05, 0) is 66.6 Å². The molecule has 10 heteroatoms. The zero-order chi connectivity index (χ0) is 25.6. The van der Waals surface area contributed by atoms with E-state index in [0.29, 0.717) is 22.1 Å². The molecule has 0 spiro atoms. The smallest absolute Gasteiger partial charge is 0.243 e. The van der Waals surface area contributed by atoms with Gasteiger partial charge in [-0.25, -0.2) is 12.8 Å². The van der Waals surface area contributed by atoms with Crippen LogP contribution in [0, 0.1) is 5.82 Å². The lowest BCUT2D eigenvalue weighted by molar-refractivity contribution is -0.122. The first-order valence-corrected chi connectivity index (χ1v) is 12.5. The van der Waals surface area contributed by atoms with E-state index in [9.17, 15) is 17.6 Å². The number of benzene rings is 3. The van der Waals surface area contributed by atoms with Gasteiger partial charge in [-0.3, -0.25) is 4.79 Å². The molecule has 0 saturated heterocycles. The Morgan fingerprint density at radius 1 is 1.00 bits per heavy atom. The maximum Gasteiger partial charge on any atom is 0.243 e. The summed E-state index contributed by atoms with van der Waals surface area (Å²) >= 11 is 5.90. The van der Waals surface area contributed by atoms with E-state index in [-0.39, 0.29) is 11.4 Å². The Morgan fingerprint density at radius 2 is 1.63 bits per heavy atom. The lowest BCUT2D eigenvalue weighted by Gasteiger charge is -2.23. The number of nitrogens with zero attached hydrogens (tertiary/aromatic N) is 1. The molecule has 186 valence electrons. The number of halogens is 2. The van der Waals surface area contributed by atoms with Gasteiger partial charge in [-0.2, -0.15) is 4.31 Å². The zero-order valence-electron chi connectivity index (χ0n) is 19.5. The van der Waals surface area contributed by atoms with Crippen LogP contribution in [0.5, 0.6) is 11.5 Å². The second-order valence-corrected chi connectivity index (χ2v) is 10.1. The Balaban J connectivity index is 1.83. The number of amides is 1. The van der Waals surface area contributed by atoms with Gasteiger partial charge in [-0.15, -0.1) is 0 Å². The Labute approximate surface area is 209 Å². The summed E-state index contributed by atoms with van der Waals surface area (Å²) in [5.41, 5.74) is 1.28. The van der Waals surface area contributed by atoms with E-state index < -0.39 is 34.3 Å². The SMILES string of the molecule is COc1ccc([C@H](C)NC(=O)CN(Cc2ccc(F)cc2)S(=O)(=O)c2ccc(Cl)cc2)cc1OC. The number of hydrogen-bond donors (Lipinski definition) is 1. The predicted molar refractivity (Wildman–Crippen MR) is 132 cm³/mol. The summed E-state index contributed by atoms with van der Waals surface area (Å²) in [6, 6.07) is 15.9. The molecular weight excluding hydrogens is 495 g/mol. The summed E-state index contributed by atoms with van der Waals surface area (Å²) in [4.78, 5) is 12.9. The fourth-order valence-corrected chi connectivity index (χ4v) is 4.94. The minimum atomic E-state index is -4.06. The topological polar surface area (TPSA) is 84.9 Å². The molecule has 0 bridgehead atoms. The van der Waals surface area contributed by atoms with Crippen molar-refractivity contribution in [3.05, 3.63) is 88.7 Å². The fourth-order valence-electron chi connectivity index (χ4n) is 3.43. The molecule has 1 atom stereocenters. The third-order valence-corrected chi connectivity index (χ3v) is 7.39. The molecule has 3 rings (SSSR count). The van der Waals surface area contributed by atoms with Crippen molar-refractivity contribution in [3.8, 4) is 11.5 Å². The summed E-state index contributed by atoms with van der Waals surface area (Å²) in [6.07, 6.45) is 0. The standard InChI is InChI=1S/C25H26ClFN2O5S/c1-17(19-6-13-23(33-2)24(14-19)34-3)28-25(30)16-29(15-18-4-9-21(27)10-5-18)35(31,32)22-11-7-20(26)8-12-22/h4-14,17H,15-16H2,1-3H3,(H,28,30)/t17-/m0/s1. The molecule has 0 unspecified atom stereocenters. The average Bonchev–Trinajstić information content (AvgIpc) is 2.84. The van der Waals surface area contributed by atoms with E-state index in [4.69, 9.17) is 21.1 Å². The second-order valence-electron chi connectivity index (χ2n) is 7.76. The lowest BCUT2D eigenvalue weighted by Crippen LogP contribution is -2.41. The van der Waals surface area contributed by atoms with Crippen molar-refractivity contribution < 1.29 is 27.1 Å². The number of ether oxygens (including phenoxy) is 2. The first-order chi connectivity index (χ1) is 16.6. The number of nitrogens with one attached hydrogen (secondary N) is 1. The number of sulfonamides is 1. The number of carbonyl (C=O) groups excluding carboxylic acids is 1. The van der Waals surface area contributed by atoms with E-state index in [1.54, 1.807) is 25.1 Å². The minimum Gasteiger partial charge on any atom is -0.493 e. The fraction of sp³-hybridized carbons (Fsp3) is 0.240. The van der Waals surface area contributed by atoms with Gasteiger partial charge in [0.2, 0.25) is 15.9 Å². The molecule has 0 heterocycles. The average molecular weight is 521 g/mol. The van der Waals surface area contributed by atoms with Crippen molar-refractivity contribution in [2.75, 3.05) is 20.8 Å². The monoisotopic (exact) mass is 520 g/mol. The molecule has 0 radical (unpaired) electrons. The van der Waals surface area contributed by atoms with Gasteiger partial charge in [0.1, 0.15) is 5.82 Å². The highest BCUT2D eigenvalue weighted by atomic mass is 35.5. The number of carbonyl (C=O) groups is 1. The van der Waals surface area contributed by atoms with Crippen molar-refractivity contribution in [1.82, 2.24) is 9.62 Å².